The highest BCUT2D eigenvalue weighted by atomic mass is 19.1. The van der Waals surface area contributed by atoms with Crippen molar-refractivity contribution in [2.24, 2.45) is 0 Å². The van der Waals surface area contributed by atoms with Crippen LogP contribution in [0, 0.1) is 5.82 Å². The van der Waals surface area contributed by atoms with Crippen LogP contribution in [0.3, 0.4) is 0 Å². The Hall–Kier alpha value is -1.79. The third-order valence-electron chi connectivity index (χ3n) is 4.40. The molecular weight excluding hydrogens is 285 g/mol. The Kier molecular flexibility index (Phi) is 3.43. The summed E-state index contributed by atoms with van der Waals surface area (Å²) in [5.41, 5.74) is 1.000. The monoisotopic (exact) mass is 303 g/mol. The van der Waals surface area contributed by atoms with E-state index in [1.807, 2.05) is 0 Å². The van der Waals surface area contributed by atoms with E-state index < -0.39 is 0 Å². The van der Waals surface area contributed by atoms with Gasteiger partial charge in [0.05, 0.1) is 12.6 Å². The van der Waals surface area contributed by atoms with Gasteiger partial charge in [0.1, 0.15) is 5.82 Å². The lowest BCUT2D eigenvalue weighted by molar-refractivity contribution is 0.164. The molecule has 2 aliphatic rings. The van der Waals surface area contributed by atoms with Gasteiger partial charge in [0, 0.05) is 18.5 Å². The van der Waals surface area contributed by atoms with E-state index in [2.05, 4.69) is 15.0 Å². The number of nitrogens with zero attached hydrogens (tertiary/aromatic N) is 3. The van der Waals surface area contributed by atoms with Crippen molar-refractivity contribution < 1.29 is 14.0 Å². The zero-order valence-electron chi connectivity index (χ0n) is 12.2. The van der Waals surface area contributed by atoms with Gasteiger partial charge in [-0.3, -0.25) is 4.90 Å². The number of aliphatic hydroxyl groups excluding tert-OH is 1. The highest BCUT2D eigenvalue weighted by molar-refractivity contribution is 5.21. The fourth-order valence-electron chi connectivity index (χ4n) is 3.10. The van der Waals surface area contributed by atoms with Gasteiger partial charge in [0.25, 0.3) is 0 Å². The summed E-state index contributed by atoms with van der Waals surface area (Å²) < 4.78 is 18.4. The molecule has 22 heavy (non-hydrogen) atoms. The first-order chi connectivity index (χ1) is 10.7. The molecule has 0 unspecified atom stereocenters. The van der Waals surface area contributed by atoms with Gasteiger partial charge in [0.2, 0.25) is 5.89 Å². The maximum atomic E-state index is 13.1. The molecule has 0 amide bonds. The van der Waals surface area contributed by atoms with Crippen LogP contribution in [0.25, 0.3) is 0 Å². The van der Waals surface area contributed by atoms with Crippen molar-refractivity contribution in [3.8, 4) is 0 Å². The van der Waals surface area contributed by atoms with Crippen LogP contribution in [-0.2, 0) is 6.54 Å². The van der Waals surface area contributed by atoms with Gasteiger partial charge < -0.3 is 9.63 Å². The highest BCUT2D eigenvalue weighted by Gasteiger charge is 2.34. The molecule has 1 aromatic heterocycles. The van der Waals surface area contributed by atoms with E-state index in [0.717, 1.165) is 24.2 Å². The van der Waals surface area contributed by atoms with Gasteiger partial charge >= 0.3 is 0 Å². The Labute approximate surface area is 127 Å². The molecule has 1 N–H and O–H groups in total. The molecule has 116 valence electrons. The van der Waals surface area contributed by atoms with Crippen molar-refractivity contribution >= 4 is 0 Å². The minimum absolute atomic E-state index is 0.0480. The average Bonchev–Trinajstić information content (AvgIpc) is 3.15. The van der Waals surface area contributed by atoms with E-state index >= 15 is 0 Å². The summed E-state index contributed by atoms with van der Waals surface area (Å²) in [4.78, 5) is 6.56. The Morgan fingerprint density at radius 2 is 2.05 bits per heavy atom. The van der Waals surface area contributed by atoms with E-state index in [4.69, 9.17) is 4.52 Å². The summed E-state index contributed by atoms with van der Waals surface area (Å²) in [5, 5.41) is 14.0. The molecule has 0 radical (unpaired) electrons. The van der Waals surface area contributed by atoms with Gasteiger partial charge in [-0.05, 0) is 37.0 Å². The summed E-state index contributed by atoms with van der Waals surface area (Å²) in [5.74, 6) is 1.60. The topological polar surface area (TPSA) is 62.4 Å². The minimum Gasteiger partial charge on any atom is -0.392 e. The zero-order chi connectivity index (χ0) is 15.1. The lowest BCUT2D eigenvalue weighted by Gasteiger charge is -2.22. The fourth-order valence-corrected chi connectivity index (χ4v) is 3.10. The van der Waals surface area contributed by atoms with Crippen molar-refractivity contribution in [2.75, 3.05) is 6.54 Å². The van der Waals surface area contributed by atoms with E-state index in [1.165, 1.54) is 12.1 Å². The summed E-state index contributed by atoms with van der Waals surface area (Å²) in [6, 6.07) is 6.50. The Balaban J connectivity index is 1.51. The van der Waals surface area contributed by atoms with Crippen LogP contribution in [0.5, 0.6) is 0 Å². The van der Waals surface area contributed by atoms with Gasteiger partial charge in [-0.2, -0.15) is 4.98 Å². The van der Waals surface area contributed by atoms with Crippen LogP contribution in [-0.4, -0.2) is 32.8 Å². The molecule has 1 saturated carbocycles. The molecular formula is C16H18FN3O2. The summed E-state index contributed by atoms with van der Waals surface area (Å²) in [7, 11) is 0. The van der Waals surface area contributed by atoms with Crippen molar-refractivity contribution in [3.63, 3.8) is 0 Å². The first kappa shape index (κ1) is 13.8. The maximum Gasteiger partial charge on any atom is 0.240 e. The second-order valence-electron chi connectivity index (χ2n) is 6.21. The first-order valence-electron chi connectivity index (χ1n) is 7.69. The van der Waals surface area contributed by atoms with Crippen molar-refractivity contribution in [1.29, 1.82) is 0 Å². The molecule has 1 saturated heterocycles. The largest absolute Gasteiger partial charge is 0.392 e. The average molecular weight is 303 g/mol. The molecule has 2 heterocycles. The van der Waals surface area contributed by atoms with Crippen LogP contribution in [0.15, 0.2) is 28.8 Å². The SMILES string of the molecule is O[C@H]1C[C@@H](c2ccc(F)cc2)N(Cc2nc(C3CC3)no2)C1. The highest BCUT2D eigenvalue weighted by Crippen LogP contribution is 2.38. The molecule has 1 aliphatic heterocycles. The van der Waals surface area contributed by atoms with E-state index in [1.54, 1.807) is 12.1 Å². The molecule has 5 nitrogen and oxygen atoms in total. The van der Waals surface area contributed by atoms with Crippen LogP contribution in [0.4, 0.5) is 4.39 Å². The number of rotatable bonds is 4. The lowest BCUT2D eigenvalue weighted by atomic mass is 10.0. The minimum atomic E-state index is -0.388. The molecule has 2 atom stereocenters. The van der Waals surface area contributed by atoms with E-state index in [-0.39, 0.29) is 18.0 Å². The van der Waals surface area contributed by atoms with Crippen LogP contribution < -0.4 is 0 Å². The Bertz CT molecular complexity index is 654. The second-order valence-corrected chi connectivity index (χ2v) is 6.21. The molecule has 1 aliphatic carbocycles. The van der Waals surface area contributed by atoms with E-state index in [0.29, 0.717) is 31.3 Å². The number of hydrogen-bond donors (Lipinski definition) is 1. The van der Waals surface area contributed by atoms with Crippen molar-refractivity contribution in [1.82, 2.24) is 15.0 Å². The molecule has 0 spiro atoms. The van der Waals surface area contributed by atoms with Gasteiger partial charge in [0.15, 0.2) is 5.82 Å². The number of β-amino-alcohol motifs (C(OH)–C–C–N with tert-alkyl or cyclic N) is 1. The quantitative estimate of drug-likeness (QED) is 0.939. The van der Waals surface area contributed by atoms with Gasteiger partial charge in [-0.25, -0.2) is 4.39 Å². The van der Waals surface area contributed by atoms with Crippen LogP contribution in [0.2, 0.25) is 0 Å². The maximum absolute atomic E-state index is 13.1. The summed E-state index contributed by atoms with van der Waals surface area (Å²) >= 11 is 0. The van der Waals surface area contributed by atoms with Gasteiger partial charge in [-0.1, -0.05) is 17.3 Å². The smallest absolute Gasteiger partial charge is 0.240 e. The number of aromatic nitrogens is 2. The standard InChI is InChI=1S/C16H18FN3O2/c17-12-5-3-10(4-6-12)14-7-13(21)8-20(14)9-15-18-16(19-22-15)11-1-2-11/h3-6,11,13-14,21H,1-2,7-9H2/t13-,14-/m0/s1. The first-order valence-corrected chi connectivity index (χ1v) is 7.69. The number of hydrogen-bond acceptors (Lipinski definition) is 5. The molecule has 6 heteroatoms. The Morgan fingerprint density at radius 1 is 1.27 bits per heavy atom. The Morgan fingerprint density at radius 3 is 2.77 bits per heavy atom. The predicted octanol–water partition coefficient (Wildman–Crippen LogP) is 2.39. The summed E-state index contributed by atoms with van der Waals surface area (Å²) in [6.45, 7) is 1.07. The second kappa shape index (κ2) is 5.44. The van der Waals surface area contributed by atoms with Crippen LogP contribution >= 0.6 is 0 Å². The molecule has 2 aromatic rings. The lowest BCUT2D eigenvalue weighted by Crippen LogP contribution is -2.24. The molecule has 2 fully saturated rings. The summed E-state index contributed by atoms with van der Waals surface area (Å²) in [6.07, 6.45) is 2.52. The van der Waals surface area contributed by atoms with Crippen LogP contribution in [0.1, 0.15) is 48.5 Å². The zero-order valence-corrected chi connectivity index (χ0v) is 12.2. The van der Waals surface area contributed by atoms with Crippen molar-refractivity contribution in [2.45, 2.75) is 43.9 Å². The number of halogens is 1. The molecule has 0 bridgehead atoms. The normalized spacial score (nSPS) is 25.7. The van der Waals surface area contributed by atoms with Gasteiger partial charge in [-0.15, -0.1) is 0 Å². The number of likely N-dealkylation sites (tertiary alicyclic amines) is 1. The molecule has 4 rings (SSSR count). The molecule has 1 aromatic carbocycles. The number of aliphatic hydroxyl groups is 1. The third-order valence-corrected chi connectivity index (χ3v) is 4.40. The van der Waals surface area contributed by atoms with E-state index in [9.17, 15) is 9.50 Å². The fraction of sp³-hybridized carbons (Fsp3) is 0.500. The predicted molar refractivity (Wildman–Crippen MR) is 76.4 cm³/mol. The van der Waals surface area contributed by atoms with Crippen molar-refractivity contribution in [3.05, 3.63) is 47.4 Å². The number of benzene rings is 1. The third kappa shape index (κ3) is 2.76.